The molecule has 0 aliphatic heterocycles. The quantitative estimate of drug-likeness (QED) is 0.674. The number of aryl methyl sites for hydroxylation is 1. The lowest BCUT2D eigenvalue weighted by Gasteiger charge is -2.05. The monoisotopic (exact) mass is 395 g/mol. The van der Waals surface area contributed by atoms with E-state index in [0.29, 0.717) is 27.1 Å². The molecule has 1 N–H and O–H groups in total. The van der Waals surface area contributed by atoms with Crippen LogP contribution in [0.3, 0.4) is 0 Å². The van der Waals surface area contributed by atoms with Crippen LogP contribution >= 0.6 is 11.3 Å². The fraction of sp³-hybridized carbons (Fsp3) is 0.182. The fourth-order valence-electron chi connectivity index (χ4n) is 2.79. The van der Waals surface area contributed by atoms with Gasteiger partial charge in [-0.3, -0.25) is 9.59 Å². The van der Waals surface area contributed by atoms with Crippen LogP contribution in [0, 0.1) is 6.92 Å². The van der Waals surface area contributed by atoms with Gasteiger partial charge in [0, 0.05) is 18.7 Å². The Bertz CT molecular complexity index is 1200. The molecule has 1 heterocycles. The summed E-state index contributed by atoms with van der Waals surface area (Å²) in [6.45, 7) is 4.14. The van der Waals surface area contributed by atoms with Crippen molar-refractivity contribution in [2.24, 2.45) is 7.05 Å². The van der Waals surface area contributed by atoms with E-state index in [1.54, 1.807) is 31.3 Å². The van der Waals surface area contributed by atoms with Crippen LogP contribution in [0.5, 0.6) is 11.5 Å². The first-order valence-electron chi connectivity index (χ1n) is 8.85. The second kappa shape index (κ2) is 8.27. The zero-order chi connectivity index (χ0) is 20.3. The van der Waals surface area contributed by atoms with E-state index in [-0.39, 0.29) is 17.1 Å². The average molecular weight is 395 g/mol. The van der Waals surface area contributed by atoms with Gasteiger partial charge < -0.3 is 14.4 Å². The second-order valence-electron chi connectivity index (χ2n) is 6.30. The topological polar surface area (TPSA) is 68.5 Å². The van der Waals surface area contributed by atoms with E-state index in [1.807, 2.05) is 32.0 Å². The summed E-state index contributed by atoms with van der Waals surface area (Å²) in [5.74, 6) is 0.284. The van der Waals surface area contributed by atoms with Gasteiger partial charge in [0.15, 0.2) is 17.3 Å². The first-order valence-corrected chi connectivity index (χ1v) is 9.67. The number of Topliss-reactive ketones (excluding diaryl/α,β-unsaturated/α-hetero) is 1. The minimum Gasteiger partial charge on any atom is -0.504 e. The molecule has 0 fully saturated rings. The third kappa shape index (κ3) is 4.07. The van der Waals surface area contributed by atoms with Gasteiger partial charge >= 0.3 is 0 Å². The number of carbonyl (C=O) groups is 1. The number of phenols is 1. The largest absolute Gasteiger partial charge is 0.504 e. The number of aromatic hydroxyl groups is 1. The molecule has 0 saturated carbocycles. The van der Waals surface area contributed by atoms with E-state index in [1.165, 1.54) is 28.0 Å². The molecule has 6 heteroatoms. The van der Waals surface area contributed by atoms with Crippen molar-refractivity contribution in [2.75, 3.05) is 6.61 Å². The highest BCUT2D eigenvalue weighted by Gasteiger charge is 2.08. The molecule has 3 rings (SSSR count). The maximum atomic E-state index is 12.6. The highest BCUT2D eigenvalue weighted by atomic mass is 32.1. The normalized spacial score (nSPS) is 12.4. The first kappa shape index (κ1) is 19.6. The van der Waals surface area contributed by atoms with Gasteiger partial charge in [-0.2, -0.15) is 0 Å². The zero-order valence-corrected chi connectivity index (χ0v) is 16.7. The number of hydrogen-bond donors (Lipinski definition) is 1. The summed E-state index contributed by atoms with van der Waals surface area (Å²) in [5.41, 5.74) is 2.07. The van der Waals surface area contributed by atoms with Crippen molar-refractivity contribution in [3.05, 3.63) is 78.7 Å². The third-order valence-electron chi connectivity index (χ3n) is 4.31. The molecule has 0 spiro atoms. The molecule has 144 valence electrons. The summed E-state index contributed by atoms with van der Waals surface area (Å²) in [5, 5.41) is 9.82. The lowest BCUT2D eigenvalue weighted by Crippen LogP contribution is -2.29. The number of ketones is 1. The van der Waals surface area contributed by atoms with Crippen LogP contribution in [0.2, 0.25) is 0 Å². The number of rotatable bonds is 5. The summed E-state index contributed by atoms with van der Waals surface area (Å²) in [6.07, 6.45) is 3.22. The molecule has 0 aliphatic carbocycles. The van der Waals surface area contributed by atoms with E-state index in [4.69, 9.17) is 4.74 Å². The van der Waals surface area contributed by atoms with E-state index >= 15 is 0 Å². The smallest absolute Gasteiger partial charge is 0.268 e. The van der Waals surface area contributed by atoms with Gasteiger partial charge in [-0.25, -0.2) is 0 Å². The summed E-state index contributed by atoms with van der Waals surface area (Å²) in [6, 6.07) is 12.3. The molecule has 5 nitrogen and oxygen atoms in total. The Morgan fingerprint density at radius 3 is 2.71 bits per heavy atom. The molecule has 0 saturated heterocycles. The lowest BCUT2D eigenvalue weighted by molar-refractivity contribution is 0.106. The van der Waals surface area contributed by atoms with Crippen molar-refractivity contribution in [2.45, 2.75) is 13.8 Å². The van der Waals surface area contributed by atoms with E-state index < -0.39 is 0 Å². The van der Waals surface area contributed by atoms with Gasteiger partial charge in [-0.1, -0.05) is 30.3 Å². The second-order valence-corrected chi connectivity index (χ2v) is 7.36. The summed E-state index contributed by atoms with van der Waals surface area (Å²) >= 11 is 1.25. The Balaban J connectivity index is 2.06. The van der Waals surface area contributed by atoms with Gasteiger partial charge in [0.1, 0.15) is 4.66 Å². The van der Waals surface area contributed by atoms with Crippen LogP contribution in [-0.4, -0.2) is 22.1 Å². The van der Waals surface area contributed by atoms with Crippen LogP contribution in [0.15, 0.2) is 47.3 Å². The van der Waals surface area contributed by atoms with Crippen LogP contribution < -0.4 is 19.5 Å². The van der Waals surface area contributed by atoms with Crippen LogP contribution in [0.25, 0.3) is 12.2 Å². The highest BCUT2D eigenvalue weighted by molar-refractivity contribution is 7.07. The molecule has 3 aromatic rings. The van der Waals surface area contributed by atoms with E-state index in [9.17, 15) is 14.7 Å². The summed E-state index contributed by atoms with van der Waals surface area (Å²) in [4.78, 5) is 25.2. The van der Waals surface area contributed by atoms with Gasteiger partial charge in [-0.05, 0) is 43.2 Å². The maximum absolute atomic E-state index is 12.6. The lowest BCUT2D eigenvalue weighted by atomic mass is 10.1. The number of ether oxygens (including phenoxy) is 1. The molecule has 28 heavy (non-hydrogen) atoms. The molecule has 2 aromatic carbocycles. The molecule has 0 aliphatic rings. The average Bonchev–Trinajstić information content (AvgIpc) is 2.93. The van der Waals surface area contributed by atoms with Gasteiger partial charge in [0.25, 0.3) is 5.56 Å². The van der Waals surface area contributed by atoms with Crippen molar-refractivity contribution in [1.29, 1.82) is 0 Å². The maximum Gasteiger partial charge on any atom is 0.268 e. The predicted octanol–water partition coefficient (Wildman–Crippen LogP) is 2.35. The van der Waals surface area contributed by atoms with Crippen molar-refractivity contribution < 1.29 is 14.6 Å². The Kier molecular flexibility index (Phi) is 5.80. The first-order chi connectivity index (χ1) is 13.4. The van der Waals surface area contributed by atoms with Crippen LogP contribution in [0.4, 0.5) is 0 Å². The number of thiazole rings is 1. The number of carbonyl (C=O) groups excluding carboxylic acids is 1. The third-order valence-corrected chi connectivity index (χ3v) is 5.42. The standard InChI is InChI=1S/C22H21NO4S/c1-4-27-19-11-15(9-10-17(19)24)12-20-22(26)23(3)21(28-20)13-18(25)16-8-6-5-7-14(16)2/h5-13,24H,4H2,1-3H3. The van der Waals surface area contributed by atoms with E-state index in [0.717, 1.165) is 11.1 Å². The molecular weight excluding hydrogens is 374 g/mol. The minimum atomic E-state index is -0.181. The zero-order valence-electron chi connectivity index (χ0n) is 15.9. The number of benzene rings is 2. The molecule has 1 aromatic heterocycles. The Labute approximate surface area is 166 Å². The van der Waals surface area contributed by atoms with Gasteiger partial charge in [0.05, 0.1) is 11.1 Å². The Morgan fingerprint density at radius 2 is 2.00 bits per heavy atom. The fourth-order valence-corrected chi connectivity index (χ4v) is 3.82. The van der Waals surface area contributed by atoms with Crippen LogP contribution in [0.1, 0.15) is 28.4 Å². The number of nitrogens with zero attached hydrogens (tertiary/aromatic N) is 1. The number of aromatic nitrogens is 1. The molecular formula is C22H21NO4S. The summed E-state index contributed by atoms with van der Waals surface area (Å²) in [7, 11) is 1.65. The Hall–Kier alpha value is -3.12. The molecule has 0 amide bonds. The SMILES string of the molecule is CCOc1cc(C=c2sc(=CC(=O)c3ccccc3C)n(C)c2=O)ccc1O. The predicted molar refractivity (Wildman–Crippen MR) is 112 cm³/mol. The van der Waals surface area contributed by atoms with Crippen molar-refractivity contribution in [1.82, 2.24) is 4.57 Å². The minimum absolute atomic E-state index is 0.0518. The van der Waals surface area contributed by atoms with Gasteiger partial charge in [-0.15, -0.1) is 11.3 Å². The number of hydrogen-bond acceptors (Lipinski definition) is 5. The Morgan fingerprint density at radius 1 is 1.25 bits per heavy atom. The van der Waals surface area contributed by atoms with Crippen molar-refractivity contribution >= 4 is 29.3 Å². The molecule has 0 radical (unpaired) electrons. The van der Waals surface area contributed by atoms with Crippen LogP contribution in [-0.2, 0) is 7.05 Å². The van der Waals surface area contributed by atoms with Crippen molar-refractivity contribution in [3.8, 4) is 11.5 Å². The molecule has 0 atom stereocenters. The van der Waals surface area contributed by atoms with Crippen molar-refractivity contribution in [3.63, 3.8) is 0 Å². The summed E-state index contributed by atoms with van der Waals surface area (Å²) < 4.78 is 7.93. The molecule has 0 unspecified atom stereocenters. The number of phenolic OH excluding ortho intramolecular Hbond substituents is 1. The van der Waals surface area contributed by atoms with E-state index in [2.05, 4.69) is 0 Å². The van der Waals surface area contributed by atoms with Gasteiger partial charge in [0.2, 0.25) is 0 Å². The highest BCUT2D eigenvalue weighted by Crippen LogP contribution is 2.26. The molecule has 0 bridgehead atoms.